The van der Waals surface area contributed by atoms with Crippen LogP contribution in [0, 0.1) is 6.92 Å². The summed E-state index contributed by atoms with van der Waals surface area (Å²) in [6.07, 6.45) is 4.89. The highest BCUT2D eigenvalue weighted by Crippen LogP contribution is 2.20. The highest BCUT2D eigenvalue weighted by atomic mass is 35.5. The van der Waals surface area contributed by atoms with Crippen LogP contribution in [-0.4, -0.2) is 49.4 Å². The number of rotatable bonds is 6. The fourth-order valence-corrected chi connectivity index (χ4v) is 3.37. The van der Waals surface area contributed by atoms with Crippen LogP contribution in [-0.2, 0) is 9.59 Å². The van der Waals surface area contributed by atoms with Crippen molar-refractivity contribution in [2.75, 3.05) is 38.0 Å². The first-order valence-corrected chi connectivity index (χ1v) is 9.54. The Morgan fingerprint density at radius 2 is 1.88 bits per heavy atom. The number of carbonyl (C=O) groups excluding carboxylic acids is 2. The van der Waals surface area contributed by atoms with E-state index in [1.807, 2.05) is 19.9 Å². The molecule has 2 rings (SSSR count). The van der Waals surface area contributed by atoms with E-state index >= 15 is 0 Å². The molecule has 1 aromatic carbocycles. The molecule has 138 valence electrons. The highest BCUT2D eigenvalue weighted by Gasteiger charge is 2.22. The van der Waals surface area contributed by atoms with Gasteiger partial charge in [-0.2, -0.15) is 0 Å². The van der Waals surface area contributed by atoms with E-state index < -0.39 is 0 Å². The van der Waals surface area contributed by atoms with Gasteiger partial charge in [-0.05, 0) is 57.2 Å². The van der Waals surface area contributed by atoms with Crippen LogP contribution in [0.15, 0.2) is 18.2 Å². The average Bonchev–Trinajstić information content (AvgIpc) is 2.84. The van der Waals surface area contributed by atoms with Crippen LogP contribution in [0.3, 0.4) is 0 Å². The summed E-state index contributed by atoms with van der Waals surface area (Å²) in [5.41, 5.74) is 1.64. The van der Waals surface area contributed by atoms with Gasteiger partial charge in [0, 0.05) is 17.3 Å². The summed E-state index contributed by atoms with van der Waals surface area (Å²) in [5.74, 6) is -0.135. The zero-order chi connectivity index (χ0) is 18.2. The summed E-state index contributed by atoms with van der Waals surface area (Å²) in [5, 5.41) is 3.44. The molecule has 25 heavy (non-hydrogen) atoms. The second-order valence-corrected chi connectivity index (χ2v) is 7.19. The van der Waals surface area contributed by atoms with Crippen LogP contribution in [0.4, 0.5) is 5.69 Å². The zero-order valence-corrected chi connectivity index (χ0v) is 16.0. The molecular weight excluding hydrogens is 338 g/mol. The molecule has 1 aromatic rings. The smallest absolute Gasteiger partial charge is 0.278 e. The fraction of sp³-hybridized carbons (Fsp3) is 0.579. The third-order valence-corrected chi connectivity index (χ3v) is 4.99. The first kappa shape index (κ1) is 19.7. The predicted octanol–water partition coefficient (Wildman–Crippen LogP) is 1.89. The average molecular weight is 367 g/mol. The number of nitrogens with zero attached hydrogens (tertiary/aromatic N) is 1. The molecule has 2 N–H and O–H groups in total. The second-order valence-electron chi connectivity index (χ2n) is 6.76. The SMILES string of the molecule is CCN(CC(=O)Nc1cc(Cl)ccc1C)C(=O)C[NH+]1CCCCCC1. The van der Waals surface area contributed by atoms with Crippen LogP contribution >= 0.6 is 11.6 Å². The molecule has 1 heterocycles. The van der Waals surface area contributed by atoms with Crippen LogP contribution in [0.5, 0.6) is 0 Å². The van der Waals surface area contributed by atoms with E-state index in [1.165, 1.54) is 30.6 Å². The zero-order valence-electron chi connectivity index (χ0n) is 15.2. The number of anilines is 1. The molecule has 6 heteroatoms. The van der Waals surface area contributed by atoms with Gasteiger partial charge in [-0.1, -0.05) is 17.7 Å². The van der Waals surface area contributed by atoms with Crippen molar-refractivity contribution in [2.45, 2.75) is 39.5 Å². The summed E-state index contributed by atoms with van der Waals surface area (Å²) < 4.78 is 0. The summed E-state index contributed by atoms with van der Waals surface area (Å²) in [7, 11) is 0. The fourth-order valence-electron chi connectivity index (χ4n) is 3.20. The molecule has 0 aliphatic carbocycles. The highest BCUT2D eigenvalue weighted by molar-refractivity contribution is 6.31. The second kappa shape index (κ2) is 9.78. The molecule has 2 amide bonds. The van der Waals surface area contributed by atoms with Crippen molar-refractivity contribution >= 4 is 29.1 Å². The number of carbonyl (C=O) groups is 2. The summed E-state index contributed by atoms with van der Waals surface area (Å²) in [6.45, 7) is 7.03. The summed E-state index contributed by atoms with van der Waals surface area (Å²) >= 11 is 5.99. The van der Waals surface area contributed by atoms with Gasteiger partial charge in [-0.3, -0.25) is 9.59 Å². The molecular formula is C19H29ClN3O2+. The van der Waals surface area contributed by atoms with Crippen molar-refractivity contribution in [3.8, 4) is 0 Å². The molecule has 0 radical (unpaired) electrons. The van der Waals surface area contributed by atoms with Crippen molar-refractivity contribution in [1.29, 1.82) is 0 Å². The number of aryl methyl sites for hydroxylation is 1. The van der Waals surface area contributed by atoms with Gasteiger partial charge in [0.1, 0.15) is 6.54 Å². The summed E-state index contributed by atoms with van der Waals surface area (Å²) in [6, 6.07) is 5.38. The number of hydrogen-bond acceptors (Lipinski definition) is 2. The first-order chi connectivity index (χ1) is 12.0. The normalized spacial score (nSPS) is 15.5. The predicted molar refractivity (Wildman–Crippen MR) is 101 cm³/mol. The molecule has 0 saturated carbocycles. The van der Waals surface area contributed by atoms with Crippen molar-refractivity contribution in [3.05, 3.63) is 28.8 Å². The van der Waals surface area contributed by atoms with Crippen molar-refractivity contribution in [2.24, 2.45) is 0 Å². The third kappa shape index (κ3) is 6.33. The standard InChI is InChI=1S/C19H28ClN3O2/c1-3-23(19(25)14-22-10-6-4-5-7-11-22)13-18(24)21-17-12-16(20)9-8-15(17)2/h8-9,12H,3-7,10-11,13-14H2,1-2H3,(H,21,24)/p+1. The molecule has 5 nitrogen and oxygen atoms in total. The van der Waals surface area contributed by atoms with Gasteiger partial charge in [0.05, 0.1) is 13.1 Å². The Kier molecular flexibility index (Phi) is 7.72. The molecule has 1 aliphatic heterocycles. The van der Waals surface area contributed by atoms with Gasteiger partial charge >= 0.3 is 0 Å². The monoisotopic (exact) mass is 366 g/mol. The molecule has 1 saturated heterocycles. The molecule has 1 aliphatic rings. The Labute approximate surface area is 155 Å². The van der Waals surface area contributed by atoms with E-state index in [9.17, 15) is 9.59 Å². The van der Waals surface area contributed by atoms with Gasteiger partial charge in [0.2, 0.25) is 5.91 Å². The van der Waals surface area contributed by atoms with E-state index in [2.05, 4.69) is 5.32 Å². The molecule has 1 fully saturated rings. The lowest BCUT2D eigenvalue weighted by Gasteiger charge is -2.23. The number of nitrogens with one attached hydrogen (secondary N) is 2. The quantitative estimate of drug-likeness (QED) is 0.807. The van der Waals surface area contributed by atoms with E-state index in [1.54, 1.807) is 17.0 Å². The molecule has 0 spiro atoms. The third-order valence-electron chi connectivity index (χ3n) is 4.75. The van der Waals surface area contributed by atoms with Crippen molar-refractivity contribution in [1.82, 2.24) is 4.90 Å². The van der Waals surface area contributed by atoms with Crippen LogP contribution < -0.4 is 10.2 Å². The minimum absolute atomic E-state index is 0.0531. The Balaban J connectivity index is 1.90. The van der Waals surface area contributed by atoms with Crippen molar-refractivity contribution < 1.29 is 14.5 Å². The lowest BCUT2D eigenvalue weighted by atomic mass is 10.2. The summed E-state index contributed by atoms with van der Waals surface area (Å²) in [4.78, 5) is 27.9. The van der Waals surface area contributed by atoms with Gasteiger partial charge < -0.3 is 15.1 Å². The molecule has 0 atom stereocenters. The number of benzene rings is 1. The lowest BCUT2D eigenvalue weighted by molar-refractivity contribution is -0.891. The first-order valence-electron chi connectivity index (χ1n) is 9.17. The van der Waals surface area contributed by atoms with E-state index in [0.29, 0.717) is 23.8 Å². The number of likely N-dealkylation sites (tertiary alicyclic amines) is 1. The minimum atomic E-state index is -0.188. The minimum Gasteiger partial charge on any atom is -0.329 e. The van der Waals surface area contributed by atoms with Crippen LogP contribution in [0.1, 0.15) is 38.2 Å². The topological polar surface area (TPSA) is 53.9 Å². The van der Waals surface area contributed by atoms with Crippen molar-refractivity contribution in [3.63, 3.8) is 0 Å². The number of quaternary nitrogens is 1. The largest absolute Gasteiger partial charge is 0.329 e. The van der Waals surface area contributed by atoms with E-state index in [-0.39, 0.29) is 18.4 Å². The Bertz CT molecular complexity index is 598. The number of hydrogen-bond donors (Lipinski definition) is 2. The molecule has 0 bridgehead atoms. The number of amides is 2. The van der Waals surface area contributed by atoms with Crippen LogP contribution in [0.2, 0.25) is 5.02 Å². The van der Waals surface area contributed by atoms with E-state index in [4.69, 9.17) is 11.6 Å². The maximum Gasteiger partial charge on any atom is 0.278 e. The Hall–Kier alpha value is -1.59. The molecule has 0 unspecified atom stereocenters. The number of likely N-dealkylation sites (N-methyl/N-ethyl adjacent to an activating group) is 1. The Morgan fingerprint density at radius 1 is 1.20 bits per heavy atom. The molecule has 0 aromatic heterocycles. The Morgan fingerprint density at radius 3 is 2.52 bits per heavy atom. The van der Waals surface area contributed by atoms with E-state index in [0.717, 1.165) is 18.7 Å². The number of halogens is 1. The van der Waals surface area contributed by atoms with Gasteiger partial charge in [-0.25, -0.2) is 0 Å². The maximum absolute atomic E-state index is 12.6. The lowest BCUT2D eigenvalue weighted by Crippen LogP contribution is -3.13. The maximum atomic E-state index is 12.6. The van der Waals surface area contributed by atoms with Gasteiger partial charge in [0.15, 0.2) is 6.54 Å². The van der Waals surface area contributed by atoms with Gasteiger partial charge in [0.25, 0.3) is 5.91 Å². The van der Waals surface area contributed by atoms with Gasteiger partial charge in [-0.15, -0.1) is 0 Å². The van der Waals surface area contributed by atoms with Crippen LogP contribution in [0.25, 0.3) is 0 Å².